The van der Waals surface area contributed by atoms with Crippen LogP contribution in [-0.4, -0.2) is 16.0 Å². The SMILES string of the molecule is Cc1ccccc1CNc1cc(C2CC2)nc(NC2CCCCC2)n1. The zero-order valence-electron chi connectivity index (χ0n) is 15.1. The lowest BCUT2D eigenvalue weighted by Gasteiger charge is -2.23. The fraction of sp³-hybridized carbons (Fsp3) is 0.524. The van der Waals surface area contributed by atoms with Gasteiger partial charge in [-0.15, -0.1) is 0 Å². The van der Waals surface area contributed by atoms with E-state index in [-0.39, 0.29) is 0 Å². The summed E-state index contributed by atoms with van der Waals surface area (Å²) in [5, 5.41) is 7.10. The third-order valence-corrected chi connectivity index (χ3v) is 5.40. The van der Waals surface area contributed by atoms with Gasteiger partial charge in [0.25, 0.3) is 0 Å². The molecule has 4 rings (SSSR count). The van der Waals surface area contributed by atoms with Gasteiger partial charge in [0, 0.05) is 24.6 Å². The maximum atomic E-state index is 4.80. The standard InChI is InChI=1S/C21H28N4/c1-15-7-5-6-8-17(15)14-22-20-13-19(16-11-12-16)24-21(25-20)23-18-9-3-2-4-10-18/h5-8,13,16,18H,2-4,9-12,14H2,1H3,(H2,22,23,24,25). The van der Waals surface area contributed by atoms with Crippen LogP contribution in [0.2, 0.25) is 0 Å². The quantitative estimate of drug-likeness (QED) is 0.778. The molecule has 0 unspecified atom stereocenters. The predicted octanol–water partition coefficient (Wildman–Crippen LogP) is 5.02. The lowest BCUT2D eigenvalue weighted by Crippen LogP contribution is -2.24. The van der Waals surface area contributed by atoms with Crippen LogP contribution < -0.4 is 10.6 Å². The normalized spacial score (nSPS) is 18.1. The number of benzene rings is 1. The molecular weight excluding hydrogens is 308 g/mol. The van der Waals surface area contributed by atoms with E-state index in [1.54, 1.807) is 0 Å². The summed E-state index contributed by atoms with van der Waals surface area (Å²) >= 11 is 0. The van der Waals surface area contributed by atoms with Gasteiger partial charge in [0.15, 0.2) is 0 Å². The highest BCUT2D eigenvalue weighted by molar-refractivity contribution is 5.45. The van der Waals surface area contributed by atoms with Crippen LogP contribution in [0.1, 0.15) is 67.7 Å². The van der Waals surface area contributed by atoms with Crippen LogP contribution in [0.4, 0.5) is 11.8 Å². The fourth-order valence-corrected chi connectivity index (χ4v) is 3.63. The molecule has 0 aliphatic heterocycles. The molecule has 132 valence electrons. The lowest BCUT2D eigenvalue weighted by atomic mass is 9.96. The molecule has 0 saturated heterocycles. The Morgan fingerprint density at radius 3 is 2.56 bits per heavy atom. The first-order valence-corrected chi connectivity index (χ1v) is 9.72. The van der Waals surface area contributed by atoms with E-state index in [9.17, 15) is 0 Å². The summed E-state index contributed by atoms with van der Waals surface area (Å²) in [5.74, 6) is 2.39. The highest BCUT2D eigenvalue weighted by Gasteiger charge is 2.26. The summed E-state index contributed by atoms with van der Waals surface area (Å²) in [7, 11) is 0. The van der Waals surface area contributed by atoms with Crippen LogP contribution in [0.3, 0.4) is 0 Å². The summed E-state index contributed by atoms with van der Waals surface area (Å²) in [6.45, 7) is 2.96. The predicted molar refractivity (Wildman–Crippen MR) is 103 cm³/mol. The molecule has 0 radical (unpaired) electrons. The van der Waals surface area contributed by atoms with Gasteiger partial charge in [-0.25, -0.2) is 4.98 Å². The number of rotatable bonds is 6. The summed E-state index contributed by atoms with van der Waals surface area (Å²) in [6.07, 6.45) is 9.00. The largest absolute Gasteiger partial charge is 0.366 e. The van der Waals surface area contributed by atoms with Gasteiger partial charge < -0.3 is 10.6 Å². The smallest absolute Gasteiger partial charge is 0.225 e. The molecule has 0 spiro atoms. The summed E-state index contributed by atoms with van der Waals surface area (Å²) in [6, 6.07) is 11.2. The lowest BCUT2D eigenvalue weighted by molar-refractivity contribution is 0.460. The third-order valence-electron chi connectivity index (χ3n) is 5.40. The van der Waals surface area contributed by atoms with Crippen molar-refractivity contribution in [1.82, 2.24) is 9.97 Å². The Kier molecular flexibility index (Phi) is 4.86. The van der Waals surface area contributed by atoms with Crippen LogP contribution in [-0.2, 0) is 6.54 Å². The Balaban J connectivity index is 1.49. The third kappa shape index (κ3) is 4.30. The van der Waals surface area contributed by atoms with Crippen molar-refractivity contribution in [3.05, 3.63) is 47.2 Å². The molecule has 25 heavy (non-hydrogen) atoms. The first-order chi connectivity index (χ1) is 12.3. The van der Waals surface area contributed by atoms with Gasteiger partial charge in [-0.05, 0) is 43.7 Å². The van der Waals surface area contributed by atoms with Crippen molar-refractivity contribution in [3.8, 4) is 0 Å². The second-order valence-corrected chi connectivity index (χ2v) is 7.54. The molecule has 1 heterocycles. The molecule has 1 aromatic carbocycles. The first kappa shape index (κ1) is 16.4. The summed E-state index contributed by atoms with van der Waals surface area (Å²) in [4.78, 5) is 9.55. The highest BCUT2D eigenvalue weighted by Crippen LogP contribution is 2.40. The van der Waals surface area contributed by atoms with Crippen molar-refractivity contribution in [2.75, 3.05) is 10.6 Å². The first-order valence-electron chi connectivity index (χ1n) is 9.72. The van der Waals surface area contributed by atoms with Crippen molar-refractivity contribution >= 4 is 11.8 Å². The average Bonchev–Trinajstić information content (AvgIpc) is 3.47. The zero-order valence-corrected chi connectivity index (χ0v) is 15.1. The molecule has 2 aliphatic carbocycles. The average molecular weight is 336 g/mol. The topological polar surface area (TPSA) is 49.8 Å². The second-order valence-electron chi connectivity index (χ2n) is 7.54. The van der Waals surface area contributed by atoms with Gasteiger partial charge in [0.05, 0.1) is 5.69 Å². The Morgan fingerprint density at radius 2 is 1.80 bits per heavy atom. The summed E-state index contributed by atoms with van der Waals surface area (Å²) in [5.41, 5.74) is 3.82. The van der Waals surface area contributed by atoms with Crippen molar-refractivity contribution in [2.24, 2.45) is 0 Å². The Labute approximate surface area is 150 Å². The van der Waals surface area contributed by atoms with E-state index in [0.717, 1.165) is 18.3 Å². The number of nitrogens with zero attached hydrogens (tertiary/aromatic N) is 2. The molecule has 2 aliphatic rings. The van der Waals surface area contributed by atoms with E-state index >= 15 is 0 Å². The number of anilines is 2. The van der Waals surface area contributed by atoms with Crippen molar-refractivity contribution in [1.29, 1.82) is 0 Å². The van der Waals surface area contributed by atoms with E-state index in [1.807, 2.05) is 0 Å². The van der Waals surface area contributed by atoms with Crippen LogP contribution >= 0.6 is 0 Å². The monoisotopic (exact) mass is 336 g/mol. The molecule has 1 aromatic heterocycles. The van der Waals surface area contributed by atoms with Gasteiger partial charge in [-0.2, -0.15) is 4.98 Å². The maximum absolute atomic E-state index is 4.80. The molecule has 4 heteroatoms. The summed E-state index contributed by atoms with van der Waals surface area (Å²) < 4.78 is 0. The molecule has 2 fully saturated rings. The Hall–Kier alpha value is -2.10. The Bertz CT molecular complexity index is 718. The van der Waals surface area contributed by atoms with Gasteiger partial charge in [0.2, 0.25) is 5.95 Å². The van der Waals surface area contributed by atoms with Gasteiger partial charge >= 0.3 is 0 Å². The van der Waals surface area contributed by atoms with Crippen LogP contribution in [0.25, 0.3) is 0 Å². The number of aromatic nitrogens is 2. The molecule has 0 bridgehead atoms. The molecule has 0 atom stereocenters. The van der Waals surface area contributed by atoms with E-state index in [4.69, 9.17) is 9.97 Å². The minimum atomic E-state index is 0.535. The van der Waals surface area contributed by atoms with Gasteiger partial charge in [0.1, 0.15) is 5.82 Å². The second kappa shape index (κ2) is 7.42. The molecule has 2 saturated carbocycles. The molecular formula is C21H28N4. The maximum Gasteiger partial charge on any atom is 0.225 e. The van der Waals surface area contributed by atoms with Crippen LogP contribution in [0.15, 0.2) is 30.3 Å². The van der Waals surface area contributed by atoms with E-state index < -0.39 is 0 Å². The molecule has 2 N–H and O–H groups in total. The minimum absolute atomic E-state index is 0.535. The number of hydrogen-bond acceptors (Lipinski definition) is 4. The Morgan fingerprint density at radius 1 is 1.00 bits per heavy atom. The van der Waals surface area contributed by atoms with Crippen LogP contribution in [0.5, 0.6) is 0 Å². The van der Waals surface area contributed by atoms with Gasteiger partial charge in [-0.3, -0.25) is 0 Å². The molecule has 4 nitrogen and oxygen atoms in total. The van der Waals surface area contributed by atoms with E-state index in [0.29, 0.717) is 12.0 Å². The van der Waals surface area contributed by atoms with Crippen molar-refractivity contribution in [3.63, 3.8) is 0 Å². The van der Waals surface area contributed by atoms with E-state index in [2.05, 4.69) is 47.9 Å². The molecule has 0 amide bonds. The van der Waals surface area contributed by atoms with E-state index in [1.165, 1.54) is 61.8 Å². The zero-order chi connectivity index (χ0) is 17.1. The number of hydrogen-bond donors (Lipinski definition) is 2. The number of aryl methyl sites for hydroxylation is 1. The fourth-order valence-electron chi connectivity index (χ4n) is 3.63. The van der Waals surface area contributed by atoms with Crippen LogP contribution in [0, 0.1) is 6.92 Å². The van der Waals surface area contributed by atoms with Crippen molar-refractivity contribution < 1.29 is 0 Å². The van der Waals surface area contributed by atoms with Crippen molar-refractivity contribution in [2.45, 2.75) is 70.4 Å². The number of nitrogens with one attached hydrogen (secondary N) is 2. The highest BCUT2D eigenvalue weighted by atomic mass is 15.2. The minimum Gasteiger partial charge on any atom is -0.366 e. The molecule has 2 aromatic rings. The van der Waals surface area contributed by atoms with Gasteiger partial charge in [-0.1, -0.05) is 43.5 Å².